The van der Waals surface area contributed by atoms with E-state index < -0.39 is 5.60 Å². The fourth-order valence-electron chi connectivity index (χ4n) is 4.17. The van der Waals surface area contributed by atoms with Crippen molar-refractivity contribution in [2.75, 3.05) is 0 Å². The molecule has 2 unspecified atom stereocenters. The van der Waals surface area contributed by atoms with Gasteiger partial charge in [-0.05, 0) is 63.3 Å². The first-order valence-electron chi connectivity index (χ1n) is 8.55. The maximum atomic E-state index is 11.4. The molecule has 3 nitrogen and oxygen atoms in total. The van der Waals surface area contributed by atoms with E-state index in [2.05, 4.69) is 54.1 Å². The molecule has 2 atom stereocenters. The van der Waals surface area contributed by atoms with Crippen LogP contribution in [0, 0.1) is 13.8 Å². The van der Waals surface area contributed by atoms with Crippen LogP contribution in [0.15, 0.2) is 30.3 Å². The maximum Gasteiger partial charge on any atom is 0.0918 e. The summed E-state index contributed by atoms with van der Waals surface area (Å²) in [6.45, 7) is 4.09. The summed E-state index contributed by atoms with van der Waals surface area (Å²) in [5.41, 5.74) is 3.58. The molecule has 0 amide bonds. The fourth-order valence-corrected chi connectivity index (χ4v) is 6.07. The molecule has 0 aliphatic carbocycles. The Kier molecular flexibility index (Phi) is 3.77. The molecule has 2 aliphatic rings. The predicted molar refractivity (Wildman–Crippen MR) is 95.2 cm³/mol. The van der Waals surface area contributed by atoms with Crippen molar-refractivity contribution in [2.45, 2.75) is 62.1 Å². The molecule has 1 aromatic carbocycles. The number of fused-ring (bicyclic) bond motifs is 2. The van der Waals surface area contributed by atoms with Gasteiger partial charge in [-0.15, -0.1) is 0 Å². The predicted octanol–water partition coefficient (Wildman–Crippen LogP) is 4.12. The van der Waals surface area contributed by atoms with Gasteiger partial charge in [-0.3, -0.25) is 0 Å². The van der Waals surface area contributed by atoms with Crippen molar-refractivity contribution in [3.8, 4) is 5.69 Å². The molecule has 0 spiro atoms. The minimum absolute atomic E-state index is 0.616. The van der Waals surface area contributed by atoms with Crippen LogP contribution in [0.3, 0.4) is 0 Å². The van der Waals surface area contributed by atoms with Gasteiger partial charge < -0.3 is 5.11 Å². The van der Waals surface area contributed by atoms with Gasteiger partial charge in [0.05, 0.1) is 17.0 Å². The Bertz CT molecular complexity index is 712. The lowest BCUT2D eigenvalue weighted by atomic mass is 9.80. The molecule has 1 N–H and O–H groups in total. The van der Waals surface area contributed by atoms with Gasteiger partial charge in [-0.25, -0.2) is 4.68 Å². The Hall–Kier alpha value is -1.26. The Labute approximate surface area is 142 Å². The highest BCUT2D eigenvalue weighted by Crippen LogP contribution is 2.49. The van der Waals surface area contributed by atoms with Crippen molar-refractivity contribution in [3.63, 3.8) is 0 Å². The zero-order valence-electron chi connectivity index (χ0n) is 13.8. The van der Waals surface area contributed by atoms with E-state index in [9.17, 15) is 5.11 Å². The summed E-state index contributed by atoms with van der Waals surface area (Å²) in [6, 6.07) is 10.4. The van der Waals surface area contributed by atoms with Crippen LogP contribution in [0.1, 0.15) is 49.1 Å². The Morgan fingerprint density at radius 1 is 1.17 bits per heavy atom. The number of aliphatic hydroxyl groups is 1. The average molecular weight is 328 g/mol. The van der Waals surface area contributed by atoms with Crippen LogP contribution in [0.25, 0.3) is 5.69 Å². The lowest BCUT2D eigenvalue weighted by Gasteiger charge is -2.44. The molecule has 4 rings (SSSR count). The van der Waals surface area contributed by atoms with Crippen LogP contribution < -0.4 is 0 Å². The summed E-state index contributed by atoms with van der Waals surface area (Å²) >= 11 is 2.10. The third-order valence-corrected chi connectivity index (χ3v) is 6.78. The highest BCUT2D eigenvalue weighted by Gasteiger charge is 2.42. The molecule has 2 aromatic rings. The summed E-state index contributed by atoms with van der Waals surface area (Å²) in [5.74, 6) is 0. The van der Waals surface area contributed by atoms with Crippen LogP contribution in [-0.4, -0.2) is 25.4 Å². The zero-order chi connectivity index (χ0) is 16.0. The first kappa shape index (κ1) is 15.3. The van der Waals surface area contributed by atoms with E-state index in [4.69, 9.17) is 0 Å². The van der Waals surface area contributed by atoms with E-state index in [1.165, 1.54) is 19.3 Å². The van der Waals surface area contributed by atoms with Crippen molar-refractivity contribution in [2.24, 2.45) is 0 Å². The molecule has 2 bridgehead atoms. The third-order valence-electron chi connectivity index (χ3n) is 5.21. The Morgan fingerprint density at radius 2 is 1.91 bits per heavy atom. The summed E-state index contributed by atoms with van der Waals surface area (Å²) in [7, 11) is 0. The molecule has 2 saturated heterocycles. The van der Waals surface area contributed by atoms with E-state index in [1.54, 1.807) is 0 Å². The van der Waals surface area contributed by atoms with Crippen LogP contribution in [-0.2, 0) is 5.60 Å². The minimum Gasteiger partial charge on any atom is -0.385 e. The summed E-state index contributed by atoms with van der Waals surface area (Å²) in [5, 5.41) is 17.2. The third kappa shape index (κ3) is 2.83. The van der Waals surface area contributed by atoms with Crippen molar-refractivity contribution in [1.82, 2.24) is 9.78 Å². The first-order valence-corrected chi connectivity index (χ1v) is 9.50. The van der Waals surface area contributed by atoms with Gasteiger partial charge in [0.1, 0.15) is 0 Å². The SMILES string of the molecule is Cc1cc(C)n(-c2cccc(C3(O)CC4CCCC(C3)S4)c2)n1. The van der Waals surface area contributed by atoms with E-state index in [1.807, 2.05) is 11.6 Å². The second kappa shape index (κ2) is 5.67. The zero-order valence-corrected chi connectivity index (χ0v) is 14.6. The largest absolute Gasteiger partial charge is 0.385 e. The van der Waals surface area contributed by atoms with Crippen LogP contribution in [0.4, 0.5) is 0 Å². The normalized spacial score (nSPS) is 30.4. The molecule has 23 heavy (non-hydrogen) atoms. The highest BCUT2D eigenvalue weighted by atomic mass is 32.2. The lowest BCUT2D eigenvalue weighted by Crippen LogP contribution is -2.40. The standard InChI is InChI=1S/C19H24N2OS/c1-13-9-14(2)21(20-13)16-6-3-5-15(10-16)19(22)11-17-7-4-8-18(12-19)23-17/h3,5-6,9-10,17-18,22H,4,7-8,11-12H2,1-2H3. The Morgan fingerprint density at radius 3 is 2.57 bits per heavy atom. The first-order chi connectivity index (χ1) is 11.0. The van der Waals surface area contributed by atoms with Gasteiger partial charge in [-0.2, -0.15) is 16.9 Å². The number of aromatic nitrogens is 2. The van der Waals surface area contributed by atoms with E-state index in [0.29, 0.717) is 10.5 Å². The van der Waals surface area contributed by atoms with Gasteiger partial charge in [0.2, 0.25) is 0 Å². The van der Waals surface area contributed by atoms with Crippen molar-refractivity contribution in [1.29, 1.82) is 0 Å². The van der Waals surface area contributed by atoms with Gasteiger partial charge in [0, 0.05) is 16.2 Å². The summed E-state index contributed by atoms with van der Waals surface area (Å²) in [6.07, 6.45) is 5.59. The smallest absolute Gasteiger partial charge is 0.0918 e. The van der Waals surface area contributed by atoms with Crippen LogP contribution >= 0.6 is 11.8 Å². The lowest BCUT2D eigenvalue weighted by molar-refractivity contribution is 0.00812. The molecule has 122 valence electrons. The second-order valence-corrected chi connectivity index (χ2v) is 8.75. The average Bonchev–Trinajstić information content (AvgIpc) is 2.85. The van der Waals surface area contributed by atoms with Gasteiger partial charge >= 0.3 is 0 Å². The topological polar surface area (TPSA) is 38.0 Å². The molecule has 4 heteroatoms. The number of hydrogen-bond acceptors (Lipinski definition) is 3. The minimum atomic E-state index is -0.673. The molecule has 0 radical (unpaired) electrons. The van der Waals surface area contributed by atoms with Gasteiger partial charge in [0.15, 0.2) is 0 Å². The molecule has 1 aromatic heterocycles. The number of benzene rings is 1. The number of rotatable bonds is 2. The van der Waals surface area contributed by atoms with Gasteiger partial charge in [0.25, 0.3) is 0 Å². The molecule has 2 aliphatic heterocycles. The number of hydrogen-bond donors (Lipinski definition) is 1. The maximum absolute atomic E-state index is 11.4. The number of aryl methyl sites for hydroxylation is 2. The number of nitrogens with zero attached hydrogens (tertiary/aromatic N) is 2. The van der Waals surface area contributed by atoms with E-state index >= 15 is 0 Å². The van der Waals surface area contributed by atoms with E-state index in [0.717, 1.165) is 35.5 Å². The van der Waals surface area contributed by atoms with Crippen LogP contribution in [0.5, 0.6) is 0 Å². The summed E-state index contributed by atoms with van der Waals surface area (Å²) < 4.78 is 1.97. The highest BCUT2D eigenvalue weighted by molar-refractivity contribution is 8.00. The molecular formula is C19H24N2OS. The van der Waals surface area contributed by atoms with E-state index in [-0.39, 0.29) is 0 Å². The molecule has 2 fully saturated rings. The monoisotopic (exact) mass is 328 g/mol. The molecule has 3 heterocycles. The number of thioether (sulfide) groups is 1. The molecule has 0 saturated carbocycles. The van der Waals surface area contributed by atoms with Crippen molar-refractivity contribution in [3.05, 3.63) is 47.3 Å². The summed E-state index contributed by atoms with van der Waals surface area (Å²) in [4.78, 5) is 0. The second-order valence-electron chi connectivity index (χ2n) is 7.14. The van der Waals surface area contributed by atoms with Crippen LogP contribution in [0.2, 0.25) is 0 Å². The fraction of sp³-hybridized carbons (Fsp3) is 0.526. The van der Waals surface area contributed by atoms with Crippen molar-refractivity contribution >= 4 is 11.8 Å². The molecular weight excluding hydrogens is 304 g/mol. The van der Waals surface area contributed by atoms with Gasteiger partial charge in [-0.1, -0.05) is 18.6 Å². The quantitative estimate of drug-likeness (QED) is 0.901. The van der Waals surface area contributed by atoms with Crippen molar-refractivity contribution < 1.29 is 5.11 Å². The Balaban J connectivity index is 1.69.